The van der Waals surface area contributed by atoms with E-state index < -0.39 is 32.6 Å². The van der Waals surface area contributed by atoms with Crippen LogP contribution in [0.1, 0.15) is 48.9 Å². The minimum atomic E-state index is -4.13. The molecule has 11 nitrogen and oxygen atoms in total. The van der Waals surface area contributed by atoms with Gasteiger partial charge in [0, 0.05) is 37.9 Å². The summed E-state index contributed by atoms with van der Waals surface area (Å²) >= 11 is 1.70. The number of benzene rings is 5. The van der Waals surface area contributed by atoms with Crippen molar-refractivity contribution in [1.29, 1.82) is 0 Å². The van der Waals surface area contributed by atoms with Gasteiger partial charge in [-0.2, -0.15) is 4.72 Å². The molecular weight excluding hydrogens is 799 g/mol. The lowest BCUT2D eigenvalue weighted by atomic mass is 9.84. The van der Waals surface area contributed by atoms with Crippen molar-refractivity contribution in [1.82, 2.24) is 14.9 Å². The Labute approximate surface area is 358 Å². The van der Waals surface area contributed by atoms with Crippen molar-refractivity contribution in [3.63, 3.8) is 0 Å². The van der Waals surface area contributed by atoms with Crippen LogP contribution in [0.2, 0.25) is 0 Å². The highest BCUT2D eigenvalue weighted by Gasteiger charge is 2.38. The molecule has 0 aromatic heterocycles. The minimum absolute atomic E-state index is 0.0106. The van der Waals surface area contributed by atoms with Crippen molar-refractivity contribution in [2.45, 2.75) is 48.9 Å². The van der Waals surface area contributed by atoms with Crippen LogP contribution in [-0.4, -0.2) is 78.5 Å². The largest absolute Gasteiger partial charge is 0.497 e. The summed E-state index contributed by atoms with van der Waals surface area (Å²) in [7, 11) is 2.03. The fourth-order valence-corrected chi connectivity index (χ4v) is 9.80. The Kier molecular flexibility index (Phi) is 16.5. The predicted octanol–water partition coefficient (Wildman–Crippen LogP) is 7.67. The highest BCUT2D eigenvalue weighted by atomic mass is 32.2. The van der Waals surface area contributed by atoms with E-state index in [0.717, 1.165) is 16.7 Å². The van der Waals surface area contributed by atoms with E-state index in [1.165, 1.54) is 33.5 Å². The molecule has 0 fully saturated rings. The lowest BCUT2D eigenvalue weighted by Crippen LogP contribution is -2.51. The van der Waals surface area contributed by atoms with E-state index in [-0.39, 0.29) is 30.5 Å². The monoisotopic (exact) mass is 853 g/mol. The lowest BCUT2D eigenvalue weighted by molar-refractivity contribution is -0.134. The average molecular weight is 854 g/mol. The Morgan fingerprint density at radius 2 is 1.25 bits per heavy atom. The first kappa shape index (κ1) is 45.6. The third-order valence-electron chi connectivity index (χ3n) is 10.1. The van der Waals surface area contributed by atoms with Gasteiger partial charge in [-0.15, -0.1) is 11.8 Å². The Morgan fingerprint density at radius 1 is 0.733 bits per heavy atom. The smallest absolute Gasteiger partial charge is 0.241 e. The number of rotatable bonds is 22. The molecule has 0 bridgehead atoms. The van der Waals surface area contributed by atoms with Crippen LogP contribution in [0, 0.1) is 5.92 Å². The van der Waals surface area contributed by atoms with Crippen LogP contribution in [0.15, 0.2) is 132 Å². The highest BCUT2D eigenvalue weighted by molar-refractivity contribution is 8.00. The molecule has 0 aliphatic heterocycles. The normalized spacial score (nSPS) is 12.1. The second kappa shape index (κ2) is 21.7. The van der Waals surface area contributed by atoms with Crippen molar-refractivity contribution < 1.29 is 37.0 Å². The van der Waals surface area contributed by atoms with Crippen LogP contribution in [0.4, 0.5) is 0 Å². The van der Waals surface area contributed by atoms with Crippen LogP contribution in [0.3, 0.4) is 0 Å². The van der Waals surface area contributed by atoms with E-state index >= 15 is 4.79 Å². The Balaban J connectivity index is 1.54. The molecular formula is C47H55N3O8S2. The number of nitrogens with zero attached hydrogens (tertiary/aromatic N) is 1. The first-order chi connectivity index (χ1) is 29.0. The van der Waals surface area contributed by atoms with Gasteiger partial charge in [0.05, 0.1) is 49.7 Å². The molecule has 5 aromatic rings. The minimum Gasteiger partial charge on any atom is -0.497 e. The van der Waals surface area contributed by atoms with E-state index in [9.17, 15) is 13.2 Å². The fourth-order valence-electron chi connectivity index (χ4n) is 6.94. The lowest BCUT2D eigenvalue weighted by Gasteiger charge is -2.37. The summed E-state index contributed by atoms with van der Waals surface area (Å²) < 4.78 is 52.8. The molecule has 13 heteroatoms. The van der Waals surface area contributed by atoms with E-state index in [2.05, 4.69) is 46.4 Å². The van der Waals surface area contributed by atoms with Gasteiger partial charge >= 0.3 is 0 Å². The molecule has 0 radical (unpaired) electrons. The fraction of sp³-hybridized carbons (Fsp3) is 0.319. The zero-order valence-electron chi connectivity index (χ0n) is 35.1. The molecule has 0 aliphatic rings. The van der Waals surface area contributed by atoms with Crippen molar-refractivity contribution >= 4 is 33.6 Å². The zero-order valence-corrected chi connectivity index (χ0v) is 36.7. The summed E-state index contributed by atoms with van der Waals surface area (Å²) in [6.45, 7) is 4.18. The van der Waals surface area contributed by atoms with E-state index in [1.807, 2.05) is 68.4 Å². The van der Waals surface area contributed by atoms with Crippen molar-refractivity contribution in [3.05, 3.63) is 150 Å². The molecule has 0 spiro atoms. The number of hydrogen-bond acceptors (Lipinski definition) is 9. The maximum Gasteiger partial charge on any atom is 0.241 e. The number of nitrogens with one attached hydrogen (secondary N) is 2. The van der Waals surface area contributed by atoms with Gasteiger partial charge in [-0.3, -0.25) is 9.59 Å². The number of methoxy groups -OCH3 is 3. The van der Waals surface area contributed by atoms with Crippen LogP contribution in [0.25, 0.3) is 0 Å². The van der Waals surface area contributed by atoms with Gasteiger partial charge in [-0.25, -0.2) is 8.42 Å². The maximum atomic E-state index is 15.0. The number of carbonyl (C=O) groups excluding carboxylic acids is 2. The molecule has 0 heterocycles. The van der Waals surface area contributed by atoms with Crippen LogP contribution >= 0.6 is 11.8 Å². The molecule has 0 saturated heterocycles. The third kappa shape index (κ3) is 11.2. The predicted molar refractivity (Wildman–Crippen MR) is 237 cm³/mol. The molecule has 0 saturated carbocycles. The molecule has 5 aromatic carbocycles. The number of amides is 2. The quantitative estimate of drug-likeness (QED) is 0.0532. The first-order valence-corrected chi connectivity index (χ1v) is 22.3. The first-order valence-electron chi connectivity index (χ1n) is 19.8. The van der Waals surface area contributed by atoms with Crippen LogP contribution in [-0.2, 0) is 30.9 Å². The number of sulfonamides is 1. The van der Waals surface area contributed by atoms with Crippen molar-refractivity contribution in [2.75, 3.05) is 47.3 Å². The number of thioether (sulfide) groups is 1. The molecule has 5 rings (SSSR count). The van der Waals surface area contributed by atoms with Gasteiger partial charge in [0.2, 0.25) is 21.8 Å². The third-order valence-corrected chi connectivity index (χ3v) is 13.1. The highest BCUT2D eigenvalue weighted by Crippen LogP contribution is 2.48. The molecule has 318 valence electrons. The second-order valence-corrected chi connectivity index (χ2v) is 17.4. The Morgan fingerprint density at radius 3 is 1.70 bits per heavy atom. The van der Waals surface area contributed by atoms with Gasteiger partial charge < -0.3 is 29.2 Å². The van der Waals surface area contributed by atoms with E-state index in [0.29, 0.717) is 47.2 Å². The summed E-state index contributed by atoms with van der Waals surface area (Å²) in [6.07, 6.45) is 0.822. The van der Waals surface area contributed by atoms with Crippen LogP contribution in [0.5, 0.6) is 23.0 Å². The van der Waals surface area contributed by atoms with E-state index in [1.54, 1.807) is 48.0 Å². The van der Waals surface area contributed by atoms with Crippen LogP contribution < -0.4 is 29.0 Å². The summed E-state index contributed by atoms with van der Waals surface area (Å²) in [6, 6.07) is 39.3. The van der Waals surface area contributed by atoms with Gasteiger partial charge in [-0.1, -0.05) is 105 Å². The SMILES string of the molecule is CNC(=O)CCCOc1cc(OC)c(CN(CCSC(c2ccccc2)(c2ccccc2)c2ccccc2)C(=O)[C@H](NS(=O)(=O)c2ccc(OC)cc2)C(C)C)c(OC)c1. The van der Waals surface area contributed by atoms with Crippen molar-refractivity contribution in [2.24, 2.45) is 5.92 Å². The molecule has 2 N–H and O–H groups in total. The van der Waals surface area contributed by atoms with Gasteiger partial charge in [0.15, 0.2) is 0 Å². The summed E-state index contributed by atoms with van der Waals surface area (Å²) in [5.41, 5.74) is 3.81. The van der Waals surface area contributed by atoms with E-state index in [4.69, 9.17) is 18.9 Å². The number of hydrogen-bond donors (Lipinski definition) is 2. The Hall–Kier alpha value is -5.50. The Bertz CT molecular complexity index is 2120. The molecule has 60 heavy (non-hydrogen) atoms. The summed E-state index contributed by atoms with van der Waals surface area (Å²) in [5, 5.41) is 2.61. The summed E-state index contributed by atoms with van der Waals surface area (Å²) in [5.74, 6) is 1.38. The number of carbonyl (C=O) groups is 2. The van der Waals surface area contributed by atoms with Gasteiger partial charge in [-0.05, 0) is 53.3 Å². The topological polar surface area (TPSA) is 132 Å². The standard InChI is InChI=1S/C47H55N3O8S2/c1-34(2)45(49-60(53,54)40-26-24-38(55-4)25-27-40)46(52)50(33-41-42(56-5)31-39(32-43(41)57-6)58-29-16-23-44(51)48-3)28-30-59-47(35-17-10-7-11-18-35,36-19-12-8-13-20-36)37-21-14-9-15-22-37/h7-15,17-22,24-27,31-32,34,45,49H,16,23,28-30,33H2,1-6H3,(H,48,51)/t45-/m1/s1. The molecule has 2 amide bonds. The zero-order chi connectivity index (χ0) is 43.1. The number of ether oxygens (including phenoxy) is 4. The van der Waals surface area contributed by atoms with Crippen molar-refractivity contribution in [3.8, 4) is 23.0 Å². The molecule has 0 aliphatic carbocycles. The van der Waals surface area contributed by atoms with Gasteiger partial charge in [0.1, 0.15) is 29.0 Å². The average Bonchev–Trinajstić information content (AvgIpc) is 3.28. The molecule has 0 unspecified atom stereocenters. The molecule has 1 atom stereocenters. The second-order valence-electron chi connectivity index (χ2n) is 14.3. The van der Waals surface area contributed by atoms with Gasteiger partial charge in [0.25, 0.3) is 0 Å². The summed E-state index contributed by atoms with van der Waals surface area (Å²) in [4.78, 5) is 28.4. The maximum absolute atomic E-state index is 15.0.